The van der Waals surface area contributed by atoms with Gasteiger partial charge in [-0.05, 0) is 44.0 Å². The van der Waals surface area contributed by atoms with Crippen LogP contribution in [0.4, 0.5) is 0 Å². The molecule has 1 N–H and O–H groups in total. The van der Waals surface area contributed by atoms with Gasteiger partial charge in [-0.1, -0.05) is 6.07 Å². The van der Waals surface area contributed by atoms with Crippen molar-refractivity contribution in [3.63, 3.8) is 0 Å². The lowest BCUT2D eigenvalue weighted by Crippen LogP contribution is -2.35. The number of amides is 1. The molecule has 1 amide bonds. The third-order valence-electron chi connectivity index (χ3n) is 4.47. The van der Waals surface area contributed by atoms with Crippen LogP contribution in [0.2, 0.25) is 0 Å². The zero-order chi connectivity index (χ0) is 19.5. The normalized spacial score (nSPS) is 16.5. The van der Waals surface area contributed by atoms with Crippen LogP contribution in [-0.4, -0.2) is 71.1 Å². The summed E-state index contributed by atoms with van der Waals surface area (Å²) < 4.78 is 21.9. The van der Waals surface area contributed by atoms with Gasteiger partial charge >= 0.3 is 0 Å². The molecule has 0 spiro atoms. The van der Waals surface area contributed by atoms with Crippen LogP contribution < -0.4 is 14.8 Å². The molecule has 152 valence electrons. The monoisotopic (exact) mass is 380 g/mol. The van der Waals surface area contributed by atoms with Crippen molar-refractivity contribution in [2.75, 3.05) is 54.2 Å². The van der Waals surface area contributed by atoms with Crippen molar-refractivity contribution in [1.82, 2.24) is 10.2 Å². The fraction of sp³-hybridized carbons (Fsp3) is 0.650. The van der Waals surface area contributed by atoms with Crippen molar-refractivity contribution in [1.29, 1.82) is 0 Å². The molecular weight excluding hydrogens is 348 g/mol. The number of likely N-dealkylation sites (N-methyl/N-ethyl adjacent to an activating group) is 1. The smallest absolute Gasteiger partial charge is 0.234 e. The fourth-order valence-electron chi connectivity index (χ4n) is 2.96. The first kappa shape index (κ1) is 21.5. The molecule has 2 rings (SSSR count). The minimum absolute atomic E-state index is 0.00686. The Morgan fingerprint density at radius 1 is 1.33 bits per heavy atom. The lowest BCUT2D eigenvalue weighted by molar-refractivity contribution is -0.122. The molecule has 1 aliphatic rings. The largest absolute Gasteiger partial charge is 0.493 e. The predicted molar refractivity (Wildman–Crippen MR) is 103 cm³/mol. The second kappa shape index (κ2) is 11.8. The van der Waals surface area contributed by atoms with Gasteiger partial charge in [-0.15, -0.1) is 0 Å². The van der Waals surface area contributed by atoms with Crippen LogP contribution in [0.3, 0.4) is 0 Å². The van der Waals surface area contributed by atoms with Crippen LogP contribution in [0.5, 0.6) is 11.5 Å². The van der Waals surface area contributed by atoms with Crippen LogP contribution in [0, 0.1) is 0 Å². The van der Waals surface area contributed by atoms with E-state index in [2.05, 4.69) is 5.32 Å². The van der Waals surface area contributed by atoms with E-state index in [4.69, 9.17) is 18.9 Å². The highest BCUT2D eigenvalue weighted by atomic mass is 16.5. The molecule has 0 aromatic heterocycles. The van der Waals surface area contributed by atoms with Gasteiger partial charge in [-0.3, -0.25) is 9.69 Å². The summed E-state index contributed by atoms with van der Waals surface area (Å²) in [4.78, 5) is 14.1. The van der Waals surface area contributed by atoms with Gasteiger partial charge in [0.1, 0.15) is 6.61 Å². The van der Waals surface area contributed by atoms with Crippen molar-refractivity contribution >= 4 is 5.91 Å². The molecule has 27 heavy (non-hydrogen) atoms. The molecule has 1 aromatic carbocycles. The maximum absolute atomic E-state index is 12.1. The third kappa shape index (κ3) is 7.74. The average molecular weight is 380 g/mol. The number of nitrogens with zero attached hydrogens (tertiary/aromatic N) is 1. The molecule has 1 saturated heterocycles. The van der Waals surface area contributed by atoms with E-state index >= 15 is 0 Å². The van der Waals surface area contributed by atoms with Crippen molar-refractivity contribution < 1.29 is 23.7 Å². The molecule has 7 heteroatoms. The molecule has 0 bridgehead atoms. The van der Waals surface area contributed by atoms with Gasteiger partial charge in [0.15, 0.2) is 11.5 Å². The van der Waals surface area contributed by atoms with Gasteiger partial charge in [0.2, 0.25) is 5.91 Å². The molecule has 1 fully saturated rings. The van der Waals surface area contributed by atoms with Crippen LogP contribution in [0.1, 0.15) is 24.8 Å². The molecule has 1 atom stereocenters. The van der Waals surface area contributed by atoms with Crippen LogP contribution in [0.25, 0.3) is 0 Å². The Bertz CT molecular complexity index is 575. The number of rotatable bonds is 12. The van der Waals surface area contributed by atoms with E-state index in [0.29, 0.717) is 37.8 Å². The Balaban J connectivity index is 1.77. The maximum atomic E-state index is 12.1. The maximum Gasteiger partial charge on any atom is 0.234 e. The highest BCUT2D eigenvalue weighted by molar-refractivity contribution is 5.78. The standard InChI is InChI=1S/C20H32N2O5/c1-22(9-5-10-24-2)14-20(23)21-13-16-7-8-18(19(12-16)25-3)27-15-17-6-4-11-26-17/h7-8,12,17H,4-6,9-11,13-15H2,1-3H3,(H,21,23). The zero-order valence-electron chi connectivity index (χ0n) is 16.7. The summed E-state index contributed by atoms with van der Waals surface area (Å²) in [7, 11) is 5.23. The van der Waals surface area contributed by atoms with Gasteiger partial charge in [0, 0.05) is 33.4 Å². The van der Waals surface area contributed by atoms with Crippen molar-refractivity contribution in [2.45, 2.75) is 31.9 Å². The second-order valence-corrected chi connectivity index (χ2v) is 6.79. The van der Waals surface area contributed by atoms with Crippen molar-refractivity contribution in [3.05, 3.63) is 23.8 Å². The molecular formula is C20H32N2O5. The van der Waals surface area contributed by atoms with E-state index in [1.807, 2.05) is 30.1 Å². The lowest BCUT2D eigenvalue weighted by atomic mass is 10.2. The first-order valence-corrected chi connectivity index (χ1v) is 9.48. The van der Waals surface area contributed by atoms with Crippen molar-refractivity contribution in [3.8, 4) is 11.5 Å². The van der Waals surface area contributed by atoms with E-state index in [1.165, 1.54) is 0 Å². The molecule has 7 nitrogen and oxygen atoms in total. The summed E-state index contributed by atoms with van der Waals surface area (Å²) in [6.07, 6.45) is 3.19. The number of ether oxygens (including phenoxy) is 4. The summed E-state index contributed by atoms with van der Waals surface area (Å²) >= 11 is 0. The van der Waals surface area contributed by atoms with E-state index in [1.54, 1.807) is 14.2 Å². The average Bonchev–Trinajstić information content (AvgIpc) is 3.18. The summed E-state index contributed by atoms with van der Waals surface area (Å²) in [5.74, 6) is 1.35. The van der Waals surface area contributed by atoms with Crippen LogP contribution in [0.15, 0.2) is 18.2 Å². The predicted octanol–water partition coefficient (Wildman–Crippen LogP) is 1.84. The van der Waals surface area contributed by atoms with Crippen molar-refractivity contribution in [2.24, 2.45) is 0 Å². The number of carbonyl (C=O) groups excluding carboxylic acids is 1. The highest BCUT2D eigenvalue weighted by Gasteiger charge is 2.17. The Morgan fingerprint density at radius 3 is 2.89 bits per heavy atom. The molecule has 1 aliphatic heterocycles. The Hall–Kier alpha value is -1.83. The fourth-order valence-corrected chi connectivity index (χ4v) is 2.96. The molecule has 0 saturated carbocycles. The van der Waals surface area contributed by atoms with E-state index in [9.17, 15) is 4.79 Å². The van der Waals surface area contributed by atoms with Crippen LogP contribution in [-0.2, 0) is 20.8 Å². The molecule has 0 aliphatic carbocycles. The Labute approximate surface area is 161 Å². The number of nitrogens with one attached hydrogen (secondary N) is 1. The second-order valence-electron chi connectivity index (χ2n) is 6.79. The minimum atomic E-state index is -0.00686. The Morgan fingerprint density at radius 2 is 2.19 bits per heavy atom. The molecule has 0 radical (unpaired) electrons. The lowest BCUT2D eigenvalue weighted by Gasteiger charge is -2.17. The van der Waals surface area contributed by atoms with Gasteiger partial charge < -0.3 is 24.3 Å². The zero-order valence-corrected chi connectivity index (χ0v) is 16.7. The molecule has 1 aromatic rings. The number of benzene rings is 1. The van der Waals surface area contributed by atoms with Gasteiger partial charge in [0.25, 0.3) is 0 Å². The molecule has 1 unspecified atom stereocenters. The van der Waals surface area contributed by atoms with Crippen LogP contribution >= 0.6 is 0 Å². The number of hydrogen-bond donors (Lipinski definition) is 1. The first-order valence-electron chi connectivity index (χ1n) is 9.48. The summed E-state index contributed by atoms with van der Waals surface area (Å²) in [5.41, 5.74) is 0.965. The SMILES string of the molecule is COCCCN(C)CC(=O)NCc1ccc(OCC2CCCO2)c(OC)c1. The van der Waals surface area contributed by atoms with E-state index < -0.39 is 0 Å². The third-order valence-corrected chi connectivity index (χ3v) is 4.47. The van der Waals surface area contributed by atoms with E-state index in [-0.39, 0.29) is 12.0 Å². The highest BCUT2D eigenvalue weighted by Crippen LogP contribution is 2.29. The minimum Gasteiger partial charge on any atom is -0.493 e. The van der Waals surface area contributed by atoms with Gasteiger partial charge in [0.05, 0.1) is 19.8 Å². The van der Waals surface area contributed by atoms with E-state index in [0.717, 1.165) is 38.0 Å². The van der Waals surface area contributed by atoms with Gasteiger partial charge in [-0.25, -0.2) is 0 Å². The first-order chi connectivity index (χ1) is 13.1. The summed E-state index contributed by atoms with van der Waals surface area (Å²) in [6.45, 7) is 3.68. The number of methoxy groups -OCH3 is 2. The number of carbonyl (C=O) groups is 1. The summed E-state index contributed by atoms with van der Waals surface area (Å²) in [6, 6.07) is 5.72. The quantitative estimate of drug-likeness (QED) is 0.558. The van der Waals surface area contributed by atoms with Gasteiger partial charge in [-0.2, -0.15) is 0 Å². The number of hydrogen-bond acceptors (Lipinski definition) is 6. The Kier molecular flexibility index (Phi) is 9.38. The molecule has 1 heterocycles. The topological polar surface area (TPSA) is 69.3 Å². The summed E-state index contributed by atoms with van der Waals surface area (Å²) in [5, 5.41) is 2.94.